The fraction of sp³-hybridized carbons (Fsp3) is 0.391. The molecule has 1 aliphatic carbocycles. The van der Waals surface area contributed by atoms with Crippen molar-refractivity contribution in [2.24, 2.45) is 0 Å². The van der Waals surface area contributed by atoms with E-state index in [9.17, 15) is 14.0 Å². The topological polar surface area (TPSA) is 76.1 Å². The monoisotopic (exact) mass is 411 g/mol. The molecule has 1 aliphatic rings. The number of nitrogens with one attached hydrogen (secondary N) is 2. The molecule has 4 rings (SSSR count). The smallest absolute Gasteiger partial charge is 0.263 e. The lowest BCUT2D eigenvalue weighted by atomic mass is 9.91. The highest BCUT2D eigenvalue weighted by Gasteiger charge is 2.27. The van der Waals surface area contributed by atoms with E-state index in [0.717, 1.165) is 47.1 Å². The Morgan fingerprint density at radius 3 is 2.90 bits per heavy atom. The van der Waals surface area contributed by atoms with Crippen LogP contribution in [0.15, 0.2) is 29.1 Å². The highest BCUT2D eigenvalue weighted by atomic mass is 19.1. The summed E-state index contributed by atoms with van der Waals surface area (Å²) in [5.74, 6) is -0.659. The number of fused-ring (bicyclic) bond motifs is 3. The van der Waals surface area contributed by atoms with Gasteiger partial charge in [0.2, 0.25) is 0 Å². The Kier molecular flexibility index (Phi) is 5.47. The molecule has 0 aliphatic heterocycles. The lowest BCUT2D eigenvalue weighted by molar-refractivity contribution is 0.0928. The number of hydrogen-bond acceptors (Lipinski definition) is 3. The first-order valence-electron chi connectivity index (χ1n) is 10.2. The van der Waals surface area contributed by atoms with E-state index >= 15 is 0 Å². The van der Waals surface area contributed by atoms with Crippen LogP contribution in [0.3, 0.4) is 0 Å². The summed E-state index contributed by atoms with van der Waals surface area (Å²) in [4.78, 5) is 29.5. The molecule has 0 saturated carbocycles. The molecule has 1 amide bonds. The highest BCUT2D eigenvalue weighted by molar-refractivity contribution is 5.96. The molecule has 0 unspecified atom stereocenters. The second kappa shape index (κ2) is 8.07. The van der Waals surface area contributed by atoms with Gasteiger partial charge < -0.3 is 19.6 Å². The minimum Gasteiger partial charge on any atom is -0.383 e. The lowest BCUT2D eigenvalue weighted by Gasteiger charge is -2.24. The van der Waals surface area contributed by atoms with Crippen LogP contribution in [0.1, 0.15) is 51.8 Å². The van der Waals surface area contributed by atoms with Crippen LogP contribution in [0.5, 0.6) is 0 Å². The van der Waals surface area contributed by atoms with Crippen molar-refractivity contribution >= 4 is 16.8 Å². The molecule has 1 aromatic carbocycles. The quantitative estimate of drug-likeness (QED) is 0.674. The number of amides is 1. The largest absolute Gasteiger partial charge is 0.383 e. The van der Waals surface area contributed by atoms with Crippen LogP contribution in [-0.2, 0) is 17.7 Å². The minimum atomic E-state index is -0.383. The highest BCUT2D eigenvalue weighted by Crippen LogP contribution is 2.35. The van der Waals surface area contributed by atoms with Crippen molar-refractivity contribution in [3.63, 3.8) is 0 Å². The van der Waals surface area contributed by atoms with Crippen molar-refractivity contribution in [3.8, 4) is 0 Å². The first kappa shape index (κ1) is 20.3. The number of methoxy groups -OCH3 is 1. The minimum absolute atomic E-state index is 0.158. The predicted molar refractivity (Wildman–Crippen MR) is 113 cm³/mol. The first-order chi connectivity index (χ1) is 14.4. The van der Waals surface area contributed by atoms with Gasteiger partial charge in [-0.1, -0.05) is 0 Å². The second-order valence-electron chi connectivity index (χ2n) is 7.92. The van der Waals surface area contributed by atoms with E-state index in [2.05, 4.69) is 10.3 Å². The third kappa shape index (κ3) is 3.54. The predicted octanol–water partition coefficient (Wildman–Crippen LogP) is 3.54. The molecule has 2 heterocycles. The van der Waals surface area contributed by atoms with Crippen LogP contribution in [0.4, 0.5) is 4.39 Å². The first-order valence-corrected chi connectivity index (χ1v) is 10.2. The number of carbonyl (C=O) groups is 1. The van der Waals surface area contributed by atoms with Gasteiger partial charge in [-0.05, 0) is 68.5 Å². The van der Waals surface area contributed by atoms with Gasteiger partial charge in [-0.2, -0.15) is 0 Å². The average Bonchev–Trinajstić information content (AvgIpc) is 3.06. The van der Waals surface area contributed by atoms with E-state index in [4.69, 9.17) is 4.74 Å². The van der Waals surface area contributed by atoms with E-state index in [-0.39, 0.29) is 28.9 Å². The molecular formula is C23H26FN3O3. The Morgan fingerprint density at radius 2 is 2.13 bits per heavy atom. The van der Waals surface area contributed by atoms with Gasteiger partial charge in [0.1, 0.15) is 11.4 Å². The summed E-state index contributed by atoms with van der Waals surface area (Å²) >= 11 is 0. The number of aromatic amines is 1. The van der Waals surface area contributed by atoms with Crippen LogP contribution >= 0.6 is 0 Å². The van der Waals surface area contributed by atoms with Gasteiger partial charge in [0, 0.05) is 35.9 Å². The van der Waals surface area contributed by atoms with Crippen molar-refractivity contribution in [2.45, 2.75) is 45.7 Å². The molecule has 0 saturated heterocycles. The van der Waals surface area contributed by atoms with Crippen molar-refractivity contribution < 1.29 is 13.9 Å². The zero-order chi connectivity index (χ0) is 21.4. The summed E-state index contributed by atoms with van der Waals surface area (Å²) in [6, 6.07) is 6.29. The van der Waals surface area contributed by atoms with Gasteiger partial charge in [0.15, 0.2) is 0 Å². The van der Waals surface area contributed by atoms with Crippen LogP contribution in [-0.4, -0.2) is 29.2 Å². The SMILES string of the molecule is COCCn1c(C)cc(C)c(C(=O)N[C@H]2CCCc3c2[nH]c2ccc(F)cc32)c1=O. The van der Waals surface area contributed by atoms with Crippen molar-refractivity contribution in [1.29, 1.82) is 0 Å². The van der Waals surface area contributed by atoms with Crippen molar-refractivity contribution in [3.05, 3.63) is 68.5 Å². The number of nitrogens with zero attached hydrogens (tertiary/aromatic N) is 1. The van der Waals surface area contributed by atoms with Crippen LogP contribution < -0.4 is 10.9 Å². The number of rotatable bonds is 5. The number of ether oxygens (including phenoxy) is 1. The van der Waals surface area contributed by atoms with E-state index in [0.29, 0.717) is 18.7 Å². The van der Waals surface area contributed by atoms with Crippen LogP contribution in [0, 0.1) is 19.7 Å². The van der Waals surface area contributed by atoms with Gasteiger partial charge in [0.05, 0.1) is 12.6 Å². The van der Waals surface area contributed by atoms with Crippen LogP contribution in [0.25, 0.3) is 10.9 Å². The number of aryl methyl sites for hydroxylation is 3. The van der Waals surface area contributed by atoms with Crippen LogP contribution in [0.2, 0.25) is 0 Å². The van der Waals surface area contributed by atoms with Crippen molar-refractivity contribution in [1.82, 2.24) is 14.9 Å². The summed E-state index contributed by atoms with van der Waals surface area (Å²) in [5, 5.41) is 3.90. The molecule has 7 heteroatoms. The van der Waals surface area contributed by atoms with Gasteiger partial charge in [-0.15, -0.1) is 0 Å². The van der Waals surface area contributed by atoms with E-state index in [1.807, 2.05) is 13.0 Å². The van der Waals surface area contributed by atoms with E-state index in [1.165, 1.54) is 12.1 Å². The maximum absolute atomic E-state index is 13.7. The average molecular weight is 411 g/mol. The van der Waals surface area contributed by atoms with Gasteiger partial charge in [-0.25, -0.2) is 4.39 Å². The Balaban J connectivity index is 1.68. The Labute approximate surface area is 174 Å². The number of hydrogen-bond donors (Lipinski definition) is 2. The molecule has 158 valence electrons. The zero-order valence-electron chi connectivity index (χ0n) is 17.5. The maximum atomic E-state index is 13.7. The molecule has 30 heavy (non-hydrogen) atoms. The zero-order valence-corrected chi connectivity index (χ0v) is 17.5. The third-order valence-electron chi connectivity index (χ3n) is 5.93. The van der Waals surface area contributed by atoms with E-state index in [1.54, 1.807) is 24.7 Å². The second-order valence-corrected chi connectivity index (χ2v) is 7.92. The summed E-state index contributed by atoms with van der Waals surface area (Å²) in [5.41, 5.74) is 4.10. The normalized spacial score (nSPS) is 15.9. The maximum Gasteiger partial charge on any atom is 0.263 e. The summed E-state index contributed by atoms with van der Waals surface area (Å²) < 4.78 is 20.4. The molecule has 2 N–H and O–H groups in total. The number of benzene rings is 1. The third-order valence-corrected chi connectivity index (χ3v) is 5.93. The molecular weight excluding hydrogens is 385 g/mol. The molecule has 0 bridgehead atoms. The van der Waals surface area contributed by atoms with Gasteiger partial charge in [-0.3, -0.25) is 9.59 Å². The molecule has 0 fully saturated rings. The summed E-state index contributed by atoms with van der Waals surface area (Å²) in [6.45, 7) is 4.41. The molecule has 1 atom stereocenters. The Bertz CT molecular complexity index is 1180. The molecule has 3 aromatic rings. The fourth-order valence-electron chi connectivity index (χ4n) is 4.47. The number of carbonyl (C=O) groups excluding carboxylic acids is 1. The fourth-order valence-corrected chi connectivity index (χ4v) is 4.47. The standard InChI is InChI=1S/C23H26FN3O3/c1-13-11-14(2)27(9-10-30-3)23(29)20(13)22(28)26-19-6-4-5-16-17-12-15(24)7-8-18(17)25-21(16)19/h7-8,11-12,19,25H,4-6,9-10H2,1-3H3,(H,26,28)/t19-/m0/s1. The number of H-pyrrole nitrogens is 1. The summed E-state index contributed by atoms with van der Waals surface area (Å²) in [6.07, 6.45) is 2.47. The molecule has 2 aromatic heterocycles. The Morgan fingerprint density at radius 1 is 1.33 bits per heavy atom. The molecule has 0 radical (unpaired) electrons. The number of aromatic nitrogens is 2. The summed E-state index contributed by atoms with van der Waals surface area (Å²) in [7, 11) is 1.58. The van der Waals surface area contributed by atoms with Gasteiger partial charge >= 0.3 is 0 Å². The van der Waals surface area contributed by atoms with E-state index < -0.39 is 0 Å². The molecule has 6 nitrogen and oxygen atoms in total. The lowest BCUT2D eigenvalue weighted by Crippen LogP contribution is -2.38. The molecule has 0 spiro atoms. The van der Waals surface area contributed by atoms with Crippen molar-refractivity contribution in [2.75, 3.05) is 13.7 Å². The number of pyridine rings is 1. The number of halogens is 1. The van der Waals surface area contributed by atoms with Gasteiger partial charge in [0.25, 0.3) is 11.5 Å². The Hall–Kier alpha value is -2.93.